The molecule has 0 unspecified atom stereocenters. The molecule has 8 nitrogen and oxygen atoms in total. The van der Waals surface area contributed by atoms with Gasteiger partial charge in [-0.05, 0) is 58.0 Å². The molecule has 0 fully saturated rings. The molecule has 6 N–H and O–H groups in total. The first-order valence-corrected chi connectivity index (χ1v) is 13.6. The number of amides is 1. The van der Waals surface area contributed by atoms with Crippen LogP contribution in [0.4, 0.5) is 8.78 Å². The lowest BCUT2D eigenvalue weighted by atomic mass is 9.92. The lowest BCUT2D eigenvalue weighted by molar-refractivity contribution is -0.123. The van der Waals surface area contributed by atoms with E-state index in [2.05, 4.69) is 15.3 Å². The average molecular weight is 662 g/mol. The van der Waals surface area contributed by atoms with Gasteiger partial charge in [0.2, 0.25) is 5.91 Å². The molecule has 0 saturated heterocycles. The van der Waals surface area contributed by atoms with Gasteiger partial charge in [-0.1, -0.05) is 49.4 Å². The molecule has 4 aromatic rings. The van der Waals surface area contributed by atoms with Crippen LogP contribution in [-0.4, -0.2) is 45.4 Å². The molecule has 11 heteroatoms. The van der Waals surface area contributed by atoms with Crippen molar-refractivity contribution >= 4 is 28.5 Å². The monoisotopic (exact) mass is 662 g/mol. The van der Waals surface area contributed by atoms with Gasteiger partial charge in [-0.3, -0.25) is 4.79 Å². The molecule has 0 aliphatic heterocycles. The summed E-state index contributed by atoms with van der Waals surface area (Å²) in [7, 11) is 0. The number of carbonyl (C=O) groups is 1. The van der Waals surface area contributed by atoms with E-state index < -0.39 is 35.7 Å². The number of ether oxygens (including phenoxy) is 1. The van der Waals surface area contributed by atoms with Crippen molar-refractivity contribution < 1.29 is 28.5 Å². The molecule has 1 aromatic heterocycles. The number of H-pyrrole nitrogens is 1. The van der Waals surface area contributed by atoms with Crippen molar-refractivity contribution in [3.05, 3.63) is 105 Å². The SMILES string of the molecule is C[C@@H](c1ccccc1)[C@H](NC(=O)[C@H](N)c1ccc(OC(CO)CO)cc1)c1ncc(-c2c(F)cc(I)cc2F)[nH]1. The van der Waals surface area contributed by atoms with Crippen LogP contribution in [0.5, 0.6) is 5.75 Å². The van der Waals surface area contributed by atoms with Gasteiger partial charge in [0.05, 0.1) is 36.7 Å². The van der Waals surface area contributed by atoms with Gasteiger partial charge >= 0.3 is 0 Å². The number of benzene rings is 3. The summed E-state index contributed by atoms with van der Waals surface area (Å²) in [5, 5.41) is 21.4. The molecule has 0 radical (unpaired) electrons. The molecule has 1 amide bonds. The summed E-state index contributed by atoms with van der Waals surface area (Å²) in [4.78, 5) is 20.7. The molecule has 40 heavy (non-hydrogen) atoms. The zero-order valence-corrected chi connectivity index (χ0v) is 23.7. The van der Waals surface area contributed by atoms with Crippen LogP contribution in [0.3, 0.4) is 0 Å². The number of hydrogen-bond donors (Lipinski definition) is 5. The molecular formula is C29H29F2IN4O4. The molecule has 1 heterocycles. The number of nitrogens with one attached hydrogen (secondary N) is 2. The normalized spacial score (nSPS) is 13.6. The number of rotatable bonds is 11. The number of halogens is 3. The Kier molecular flexibility index (Phi) is 9.85. The van der Waals surface area contributed by atoms with Crippen molar-refractivity contribution in [1.82, 2.24) is 15.3 Å². The molecule has 0 bridgehead atoms. The number of nitrogens with two attached hydrogens (primary N) is 1. The number of carbonyl (C=O) groups excluding carboxylic acids is 1. The predicted molar refractivity (Wildman–Crippen MR) is 154 cm³/mol. The lowest BCUT2D eigenvalue weighted by Crippen LogP contribution is -2.39. The number of aromatic amines is 1. The van der Waals surface area contributed by atoms with Crippen molar-refractivity contribution in [2.75, 3.05) is 13.2 Å². The van der Waals surface area contributed by atoms with E-state index in [1.165, 1.54) is 18.3 Å². The van der Waals surface area contributed by atoms with Crippen molar-refractivity contribution in [2.45, 2.75) is 31.0 Å². The van der Waals surface area contributed by atoms with Gasteiger partial charge in [-0.15, -0.1) is 0 Å². The number of aromatic nitrogens is 2. The zero-order valence-electron chi connectivity index (χ0n) is 21.5. The Labute approximate surface area is 243 Å². The average Bonchev–Trinajstić information content (AvgIpc) is 3.43. The van der Waals surface area contributed by atoms with Gasteiger partial charge in [-0.2, -0.15) is 0 Å². The van der Waals surface area contributed by atoms with Crippen LogP contribution in [0.25, 0.3) is 11.3 Å². The molecule has 0 aliphatic rings. The summed E-state index contributed by atoms with van der Waals surface area (Å²) < 4.78 is 35.2. The molecule has 3 aromatic carbocycles. The van der Waals surface area contributed by atoms with E-state index in [4.69, 9.17) is 10.5 Å². The van der Waals surface area contributed by atoms with E-state index in [-0.39, 0.29) is 30.4 Å². The van der Waals surface area contributed by atoms with Gasteiger partial charge in [0.15, 0.2) is 0 Å². The van der Waals surface area contributed by atoms with Crippen molar-refractivity contribution in [1.29, 1.82) is 0 Å². The Morgan fingerprint density at radius 2 is 1.68 bits per heavy atom. The molecular weight excluding hydrogens is 633 g/mol. The summed E-state index contributed by atoms with van der Waals surface area (Å²) in [5.74, 6) is -1.52. The maximum absolute atomic E-state index is 14.7. The van der Waals surface area contributed by atoms with Crippen LogP contribution in [0, 0.1) is 15.2 Å². The summed E-state index contributed by atoms with van der Waals surface area (Å²) in [5.41, 5.74) is 7.62. The topological polar surface area (TPSA) is 133 Å². The fourth-order valence-corrected chi connectivity index (χ4v) is 4.82. The lowest BCUT2D eigenvalue weighted by Gasteiger charge is -2.26. The second kappa shape index (κ2) is 13.3. The Hall–Kier alpha value is -3.39. The maximum Gasteiger partial charge on any atom is 0.242 e. The quantitative estimate of drug-likeness (QED) is 0.152. The third kappa shape index (κ3) is 6.84. The third-order valence-corrected chi connectivity index (χ3v) is 7.14. The van der Waals surface area contributed by atoms with E-state index in [1.807, 2.05) is 59.8 Å². The first-order valence-electron chi connectivity index (χ1n) is 12.5. The molecule has 0 spiro atoms. The van der Waals surface area contributed by atoms with Crippen LogP contribution >= 0.6 is 22.6 Å². The fourth-order valence-electron chi connectivity index (χ4n) is 4.27. The Morgan fingerprint density at radius 3 is 2.27 bits per heavy atom. The largest absolute Gasteiger partial charge is 0.486 e. The highest BCUT2D eigenvalue weighted by Gasteiger charge is 2.29. The highest BCUT2D eigenvalue weighted by atomic mass is 127. The molecule has 0 saturated carbocycles. The minimum Gasteiger partial charge on any atom is -0.486 e. The molecule has 0 aliphatic carbocycles. The summed E-state index contributed by atoms with van der Waals surface area (Å²) >= 11 is 1.84. The van der Waals surface area contributed by atoms with E-state index in [0.29, 0.717) is 20.7 Å². The van der Waals surface area contributed by atoms with Gasteiger partial charge in [0.25, 0.3) is 0 Å². The van der Waals surface area contributed by atoms with Crippen LogP contribution in [0.1, 0.15) is 41.9 Å². The van der Waals surface area contributed by atoms with E-state index in [1.54, 1.807) is 24.3 Å². The predicted octanol–water partition coefficient (Wildman–Crippen LogP) is 4.35. The third-order valence-electron chi connectivity index (χ3n) is 6.52. The van der Waals surface area contributed by atoms with Crippen molar-refractivity contribution in [2.24, 2.45) is 5.73 Å². The first-order chi connectivity index (χ1) is 19.2. The number of aliphatic hydroxyl groups excluding tert-OH is 2. The highest BCUT2D eigenvalue weighted by molar-refractivity contribution is 14.1. The zero-order chi connectivity index (χ0) is 28.8. The van der Waals surface area contributed by atoms with Gasteiger partial charge in [0.1, 0.15) is 35.4 Å². The van der Waals surface area contributed by atoms with Gasteiger partial charge < -0.3 is 31.0 Å². The second-order valence-corrected chi connectivity index (χ2v) is 10.5. The van der Waals surface area contributed by atoms with E-state index >= 15 is 0 Å². The maximum atomic E-state index is 14.7. The van der Waals surface area contributed by atoms with E-state index in [9.17, 15) is 23.8 Å². The fraction of sp³-hybridized carbons (Fsp3) is 0.241. The smallest absolute Gasteiger partial charge is 0.242 e. The molecule has 4 rings (SSSR count). The number of imidazole rings is 1. The molecule has 210 valence electrons. The number of hydrogen-bond acceptors (Lipinski definition) is 6. The molecule has 3 atom stereocenters. The summed E-state index contributed by atoms with van der Waals surface area (Å²) in [6.07, 6.45) is 0.577. The number of aliphatic hydroxyl groups is 2. The number of nitrogens with zero attached hydrogens (tertiary/aromatic N) is 1. The van der Waals surface area contributed by atoms with Gasteiger partial charge in [0, 0.05) is 9.49 Å². The Balaban J connectivity index is 1.60. The standard InChI is InChI=1S/C29H29F2IN4O4/c1-16(17-5-3-2-4-6-17)27(28-34-13-24(35-28)25-22(30)11-19(32)12-23(25)31)36-29(39)26(33)18-7-9-20(10-8-18)40-21(14-37)15-38/h2-13,16,21,26-27,37-38H,14-15,33H2,1H3,(H,34,35)(H,36,39)/t16-,26+,27-/m0/s1. The van der Waals surface area contributed by atoms with Crippen LogP contribution in [0.15, 0.2) is 72.9 Å². The summed E-state index contributed by atoms with van der Waals surface area (Å²) in [6, 6.07) is 16.6. The summed E-state index contributed by atoms with van der Waals surface area (Å²) in [6.45, 7) is 1.21. The second-order valence-electron chi connectivity index (χ2n) is 9.26. The Morgan fingerprint density at radius 1 is 1.05 bits per heavy atom. The van der Waals surface area contributed by atoms with Crippen LogP contribution < -0.4 is 15.8 Å². The van der Waals surface area contributed by atoms with Crippen LogP contribution in [-0.2, 0) is 4.79 Å². The minimum absolute atomic E-state index is 0.143. The highest BCUT2D eigenvalue weighted by Crippen LogP contribution is 2.33. The van der Waals surface area contributed by atoms with Crippen molar-refractivity contribution in [3.8, 4) is 17.0 Å². The van der Waals surface area contributed by atoms with Crippen LogP contribution in [0.2, 0.25) is 0 Å². The first kappa shape index (κ1) is 29.6. The Bertz CT molecular complexity index is 1410. The van der Waals surface area contributed by atoms with Gasteiger partial charge in [-0.25, -0.2) is 13.8 Å². The van der Waals surface area contributed by atoms with E-state index in [0.717, 1.165) is 5.56 Å². The van der Waals surface area contributed by atoms with Crippen molar-refractivity contribution in [3.63, 3.8) is 0 Å². The minimum atomic E-state index is -1.05.